The number of nitrogens with zero attached hydrogens (tertiary/aromatic N) is 1. The number of carbonyl (C=O) groups excluding carboxylic acids is 1. The summed E-state index contributed by atoms with van der Waals surface area (Å²) in [5.74, 6) is -0.589. The van der Waals surface area contributed by atoms with Crippen molar-refractivity contribution in [1.29, 1.82) is 0 Å². The molecule has 3 aliphatic rings. The molecule has 0 bridgehead atoms. The number of primary amides is 1. The van der Waals surface area contributed by atoms with E-state index in [-0.39, 0.29) is 23.7 Å². The number of nitrogens with two attached hydrogens (primary N) is 1. The Labute approximate surface area is 148 Å². The third-order valence-corrected chi connectivity index (χ3v) is 8.56. The Balaban J connectivity index is 1.79. The summed E-state index contributed by atoms with van der Waals surface area (Å²) in [6.07, 6.45) is 4.61. The van der Waals surface area contributed by atoms with Crippen molar-refractivity contribution in [2.75, 3.05) is 31.2 Å². The van der Waals surface area contributed by atoms with Crippen molar-refractivity contribution in [3.05, 3.63) is 23.8 Å². The number of piperidine rings is 1. The van der Waals surface area contributed by atoms with Crippen LogP contribution in [0.25, 0.3) is 0 Å². The van der Waals surface area contributed by atoms with E-state index in [0.29, 0.717) is 11.1 Å². The molecule has 1 amide bonds. The van der Waals surface area contributed by atoms with Crippen LogP contribution in [0.2, 0.25) is 0 Å². The first-order chi connectivity index (χ1) is 11.8. The molecular weight excluding hydrogens is 340 g/mol. The number of anilines is 1. The minimum Gasteiger partial charge on any atom is -0.378 e. The maximum Gasteiger partial charge on any atom is 0.250 e. The van der Waals surface area contributed by atoms with E-state index < -0.39 is 20.5 Å². The standard InChI is InChI=1S/C18H24N2O4S/c1-17(11-24-12-17)25(22,23)14-4-2-3-13(16(19)21)15(14)20-9-7-18(5-6-18)8-10-20/h2-4H,5-12H2,1H3,(H2,19,21). The summed E-state index contributed by atoms with van der Waals surface area (Å²) in [5.41, 5.74) is 6.81. The zero-order valence-corrected chi connectivity index (χ0v) is 15.3. The van der Waals surface area contributed by atoms with E-state index in [2.05, 4.69) is 0 Å². The smallest absolute Gasteiger partial charge is 0.250 e. The average Bonchev–Trinajstić information content (AvgIpc) is 3.31. The second-order valence-corrected chi connectivity index (χ2v) is 10.4. The third-order valence-electron chi connectivity index (χ3n) is 6.11. The molecular formula is C18H24N2O4S. The lowest BCUT2D eigenvalue weighted by atomic mass is 9.93. The number of benzene rings is 1. The van der Waals surface area contributed by atoms with Gasteiger partial charge in [-0.2, -0.15) is 0 Å². The molecule has 1 aromatic rings. The second-order valence-electron chi connectivity index (χ2n) is 7.95. The summed E-state index contributed by atoms with van der Waals surface area (Å²) in [4.78, 5) is 14.2. The van der Waals surface area contributed by atoms with Gasteiger partial charge in [-0.15, -0.1) is 0 Å². The summed E-state index contributed by atoms with van der Waals surface area (Å²) in [6, 6.07) is 4.83. The number of sulfone groups is 1. The van der Waals surface area contributed by atoms with Crippen LogP contribution in [0.15, 0.2) is 23.1 Å². The van der Waals surface area contributed by atoms with Crippen molar-refractivity contribution in [2.45, 2.75) is 42.2 Å². The summed E-state index contributed by atoms with van der Waals surface area (Å²) < 4.78 is 30.7. The molecule has 6 nitrogen and oxygen atoms in total. The van der Waals surface area contributed by atoms with Gasteiger partial charge in [-0.3, -0.25) is 4.79 Å². The van der Waals surface area contributed by atoms with Gasteiger partial charge in [-0.05, 0) is 50.2 Å². The van der Waals surface area contributed by atoms with Gasteiger partial charge in [0.1, 0.15) is 4.75 Å². The largest absolute Gasteiger partial charge is 0.378 e. The first-order valence-electron chi connectivity index (χ1n) is 8.78. The highest BCUT2D eigenvalue weighted by atomic mass is 32.2. The lowest BCUT2D eigenvalue weighted by Gasteiger charge is -2.40. The molecule has 0 unspecified atom stereocenters. The lowest BCUT2D eigenvalue weighted by Crippen LogP contribution is -2.53. The molecule has 1 saturated carbocycles. The highest BCUT2D eigenvalue weighted by Crippen LogP contribution is 2.54. The van der Waals surface area contributed by atoms with E-state index in [1.165, 1.54) is 12.8 Å². The SMILES string of the molecule is CC1(S(=O)(=O)c2cccc(C(N)=O)c2N2CCC3(CC2)CC3)COC1. The fourth-order valence-electron chi connectivity index (χ4n) is 3.96. The second kappa shape index (κ2) is 5.45. The Morgan fingerprint density at radius 1 is 1.16 bits per heavy atom. The fourth-order valence-corrected chi connectivity index (χ4v) is 5.71. The molecule has 1 aromatic carbocycles. The Kier molecular flexibility index (Phi) is 3.67. The predicted octanol–water partition coefficient (Wildman–Crippen LogP) is 1.73. The summed E-state index contributed by atoms with van der Waals surface area (Å²) in [7, 11) is -3.63. The highest BCUT2D eigenvalue weighted by molar-refractivity contribution is 7.93. The number of rotatable bonds is 4. The first kappa shape index (κ1) is 16.8. The molecule has 0 aromatic heterocycles. The van der Waals surface area contributed by atoms with Crippen LogP contribution in [-0.4, -0.2) is 45.4 Å². The summed E-state index contributed by atoms with van der Waals surface area (Å²) in [6.45, 7) is 3.58. The van der Waals surface area contributed by atoms with E-state index >= 15 is 0 Å². The average molecular weight is 364 g/mol. The quantitative estimate of drug-likeness (QED) is 0.879. The topological polar surface area (TPSA) is 89.7 Å². The van der Waals surface area contributed by atoms with Crippen LogP contribution in [0, 0.1) is 5.41 Å². The van der Waals surface area contributed by atoms with Crippen LogP contribution in [0.1, 0.15) is 43.0 Å². The molecule has 0 radical (unpaired) electrons. The number of hydrogen-bond donors (Lipinski definition) is 1. The van der Waals surface area contributed by atoms with Gasteiger partial charge in [0.2, 0.25) is 0 Å². The number of carbonyl (C=O) groups is 1. The third kappa shape index (κ3) is 2.56. The van der Waals surface area contributed by atoms with Gasteiger partial charge in [-0.1, -0.05) is 6.07 Å². The Hall–Kier alpha value is -1.60. The number of amides is 1. The van der Waals surface area contributed by atoms with Crippen molar-refractivity contribution in [3.63, 3.8) is 0 Å². The number of ether oxygens (including phenoxy) is 1. The molecule has 1 spiro atoms. The molecule has 0 atom stereocenters. The van der Waals surface area contributed by atoms with Crippen LogP contribution < -0.4 is 10.6 Å². The molecule has 3 fully saturated rings. The van der Waals surface area contributed by atoms with Gasteiger partial charge < -0.3 is 15.4 Å². The van der Waals surface area contributed by atoms with Crippen LogP contribution in [0.4, 0.5) is 5.69 Å². The van der Waals surface area contributed by atoms with E-state index in [4.69, 9.17) is 10.5 Å². The Bertz CT molecular complexity index is 815. The molecule has 2 heterocycles. The van der Waals surface area contributed by atoms with Crippen LogP contribution in [-0.2, 0) is 14.6 Å². The molecule has 1 aliphatic carbocycles. The van der Waals surface area contributed by atoms with E-state index in [1.807, 2.05) is 4.90 Å². The molecule has 2 N–H and O–H groups in total. The maximum atomic E-state index is 13.3. The van der Waals surface area contributed by atoms with Gasteiger partial charge in [0.05, 0.1) is 29.4 Å². The van der Waals surface area contributed by atoms with Crippen molar-refractivity contribution >= 4 is 21.4 Å². The highest BCUT2D eigenvalue weighted by Gasteiger charge is 2.49. The van der Waals surface area contributed by atoms with Crippen molar-refractivity contribution in [2.24, 2.45) is 11.1 Å². The Morgan fingerprint density at radius 2 is 1.80 bits per heavy atom. The monoisotopic (exact) mass is 364 g/mol. The van der Waals surface area contributed by atoms with E-state index in [9.17, 15) is 13.2 Å². The van der Waals surface area contributed by atoms with Gasteiger partial charge in [0.25, 0.3) is 5.91 Å². The van der Waals surface area contributed by atoms with Crippen LogP contribution in [0.3, 0.4) is 0 Å². The summed E-state index contributed by atoms with van der Waals surface area (Å²) in [5, 5.41) is 0. The van der Waals surface area contributed by atoms with Crippen molar-refractivity contribution < 1.29 is 17.9 Å². The molecule has 2 aliphatic heterocycles. The minimum atomic E-state index is -3.63. The normalized spacial score (nSPS) is 24.0. The zero-order valence-electron chi connectivity index (χ0n) is 14.5. The van der Waals surface area contributed by atoms with Crippen molar-refractivity contribution in [3.8, 4) is 0 Å². The first-order valence-corrected chi connectivity index (χ1v) is 10.3. The fraction of sp³-hybridized carbons (Fsp3) is 0.611. The molecule has 136 valence electrons. The maximum absolute atomic E-state index is 13.3. The number of hydrogen-bond acceptors (Lipinski definition) is 5. The molecule has 7 heteroatoms. The van der Waals surface area contributed by atoms with E-state index in [1.54, 1.807) is 25.1 Å². The molecule has 2 saturated heterocycles. The van der Waals surface area contributed by atoms with Crippen molar-refractivity contribution in [1.82, 2.24) is 0 Å². The van der Waals surface area contributed by atoms with Crippen LogP contribution in [0.5, 0.6) is 0 Å². The van der Waals surface area contributed by atoms with Crippen LogP contribution >= 0.6 is 0 Å². The van der Waals surface area contributed by atoms with E-state index in [0.717, 1.165) is 25.9 Å². The van der Waals surface area contributed by atoms with Gasteiger partial charge in [0, 0.05) is 13.1 Å². The van der Waals surface area contributed by atoms with Gasteiger partial charge >= 0.3 is 0 Å². The predicted molar refractivity (Wildman–Crippen MR) is 94.5 cm³/mol. The minimum absolute atomic E-state index is 0.179. The molecule has 4 rings (SSSR count). The summed E-state index contributed by atoms with van der Waals surface area (Å²) >= 11 is 0. The zero-order chi connectivity index (χ0) is 17.9. The molecule has 25 heavy (non-hydrogen) atoms. The number of para-hydroxylation sites is 1. The Morgan fingerprint density at radius 3 is 2.28 bits per heavy atom. The van der Waals surface area contributed by atoms with Gasteiger partial charge in [-0.25, -0.2) is 8.42 Å². The van der Waals surface area contributed by atoms with Gasteiger partial charge in [0.15, 0.2) is 9.84 Å². The lowest BCUT2D eigenvalue weighted by molar-refractivity contribution is -0.00489.